The standard InChI is InChI=1S/C14H12N4O/c1-18-7-5-10-8-12(2-3-13(10)18)17-14(19)11-4-6-15-16-9-11/h2-9H,1H3,(H,17,19). The van der Waals surface area contributed by atoms with Gasteiger partial charge in [0.05, 0.1) is 18.0 Å². The van der Waals surface area contributed by atoms with Gasteiger partial charge in [-0.05, 0) is 30.3 Å². The van der Waals surface area contributed by atoms with Gasteiger partial charge in [0.1, 0.15) is 0 Å². The van der Waals surface area contributed by atoms with Crippen LogP contribution in [0.3, 0.4) is 0 Å². The second-order valence-electron chi connectivity index (χ2n) is 4.29. The van der Waals surface area contributed by atoms with E-state index in [1.807, 2.05) is 42.1 Å². The zero-order valence-electron chi connectivity index (χ0n) is 10.4. The molecule has 0 aliphatic rings. The molecule has 0 aliphatic heterocycles. The van der Waals surface area contributed by atoms with Crippen LogP contribution in [0.1, 0.15) is 10.4 Å². The first kappa shape index (κ1) is 11.4. The molecule has 1 amide bonds. The van der Waals surface area contributed by atoms with E-state index in [-0.39, 0.29) is 5.91 Å². The first-order valence-electron chi connectivity index (χ1n) is 5.87. The van der Waals surface area contributed by atoms with Crippen LogP contribution in [-0.2, 0) is 7.05 Å². The molecule has 3 rings (SSSR count). The second-order valence-corrected chi connectivity index (χ2v) is 4.29. The maximum absolute atomic E-state index is 12.0. The number of aryl methyl sites for hydroxylation is 1. The van der Waals surface area contributed by atoms with Crippen molar-refractivity contribution < 1.29 is 4.79 Å². The Morgan fingerprint density at radius 2 is 2.11 bits per heavy atom. The number of carbonyl (C=O) groups excluding carboxylic acids is 1. The fourth-order valence-electron chi connectivity index (χ4n) is 1.99. The summed E-state index contributed by atoms with van der Waals surface area (Å²) in [5, 5.41) is 11.3. The van der Waals surface area contributed by atoms with Crippen molar-refractivity contribution in [1.29, 1.82) is 0 Å². The summed E-state index contributed by atoms with van der Waals surface area (Å²) in [6.45, 7) is 0. The molecule has 0 unspecified atom stereocenters. The van der Waals surface area contributed by atoms with Gasteiger partial charge in [-0.15, -0.1) is 0 Å². The summed E-state index contributed by atoms with van der Waals surface area (Å²) in [4.78, 5) is 12.0. The van der Waals surface area contributed by atoms with Crippen LogP contribution in [0.15, 0.2) is 48.9 Å². The van der Waals surface area contributed by atoms with E-state index in [0.717, 1.165) is 16.6 Å². The fraction of sp³-hybridized carbons (Fsp3) is 0.0714. The summed E-state index contributed by atoms with van der Waals surface area (Å²) in [6, 6.07) is 9.45. The molecule has 1 aromatic carbocycles. The van der Waals surface area contributed by atoms with Crippen LogP contribution < -0.4 is 5.32 Å². The highest BCUT2D eigenvalue weighted by Crippen LogP contribution is 2.20. The molecule has 94 valence electrons. The number of carbonyl (C=O) groups is 1. The summed E-state index contributed by atoms with van der Waals surface area (Å²) >= 11 is 0. The molecule has 0 saturated carbocycles. The van der Waals surface area contributed by atoms with Crippen molar-refractivity contribution in [2.24, 2.45) is 7.05 Å². The highest BCUT2D eigenvalue weighted by atomic mass is 16.1. The summed E-state index contributed by atoms with van der Waals surface area (Å²) in [7, 11) is 1.99. The molecule has 1 N–H and O–H groups in total. The van der Waals surface area contributed by atoms with Crippen molar-refractivity contribution in [3.05, 3.63) is 54.5 Å². The molecule has 0 radical (unpaired) electrons. The Morgan fingerprint density at radius 1 is 1.21 bits per heavy atom. The van der Waals surface area contributed by atoms with Crippen molar-refractivity contribution in [2.45, 2.75) is 0 Å². The van der Waals surface area contributed by atoms with Gasteiger partial charge in [0.15, 0.2) is 0 Å². The largest absolute Gasteiger partial charge is 0.351 e. The fourth-order valence-corrected chi connectivity index (χ4v) is 1.99. The lowest BCUT2D eigenvalue weighted by Crippen LogP contribution is -2.12. The molecule has 3 aromatic rings. The van der Waals surface area contributed by atoms with Gasteiger partial charge in [-0.2, -0.15) is 10.2 Å². The molecular weight excluding hydrogens is 240 g/mol. The minimum atomic E-state index is -0.190. The van der Waals surface area contributed by atoms with E-state index in [2.05, 4.69) is 15.5 Å². The third-order valence-electron chi connectivity index (χ3n) is 2.99. The van der Waals surface area contributed by atoms with Crippen molar-refractivity contribution in [1.82, 2.24) is 14.8 Å². The molecule has 19 heavy (non-hydrogen) atoms. The Labute approximate surface area is 109 Å². The summed E-state index contributed by atoms with van der Waals surface area (Å²) in [5.41, 5.74) is 2.38. The maximum atomic E-state index is 12.0. The first-order chi connectivity index (χ1) is 9.24. The zero-order valence-corrected chi connectivity index (χ0v) is 10.4. The average molecular weight is 252 g/mol. The normalized spacial score (nSPS) is 10.6. The van der Waals surface area contributed by atoms with E-state index in [1.165, 1.54) is 12.4 Å². The number of rotatable bonds is 2. The minimum Gasteiger partial charge on any atom is -0.351 e. The molecule has 5 nitrogen and oxygen atoms in total. The average Bonchev–Trinajstić information content (AvgIpc) is 2.81. The number of amides is 1. The Morgan fingerprint density at radius 3 is 2.89 bits per heavy atom. The van der Waals surface area contributed by atoms with Gasteiger partial charge in [-0.3, -0.25) is 4.79 Å². The lowest BCUT2D eigenvalue weighted by molar-refractivity contribution is 0.102. The van der Waals surface area contributed by atoms with Gasteiger partial charge >= 0.3 is 0 Å². The lowest BCUT2D eigenvalue weighted by Gasteiger charge is -2.05. The van der Waals surface area contributed by atoms with Gasteiger partial charge in [0.25, 0.3) is 5.91 Å². The van der Waals surface area contributed by atoms with E-state index in [9.17, 15) is 4.79 Å². The monoisotopic (exact) mass is 252 g/mol. The van der Waals surface area contributed by atoms with Gasteiger partial charge in [0, 0.05) is 29.8 Å². The van der Waals surface area contributed by atoms with E-state index in [0.29, 0.717) is 5.56 Å². The highest BCUT2D eigenvalue weighted by molar-refractivity contribution is 6.04. The Bertz CT molecular complexity index is 734. The van der Waals surface area contributed by atoms with Crippen LogP contribution in [0, 0.1) is 0 Å². The number of hydrogen-bond acceptors (Lipinski definition) is 3. The number of hydrogen-bond donors (Lipinski definition) is 1. The van der Waals surface area contributed by atoms with E-state index < -0.39 is 0 Å². The Balaban J connectivity index is 1.87. The summed E-state index contributed by atoms with van der Waals surface area (Å²) in [6.07, 6.45) is 4.93. The predicted octanol–water partition coefficient (Wildman–Crippen LogP) is 2.22. The number of aromatic nitrogens is 3. The first-order valence-corrected chi connectivity index (χ1v) is 5.87. The molecule has 0 aliphatic carbocycles. The predicted molar refractivity (Wildman–Crippen MR) is 72.9 cm³/mol. The molecule has 0 bridgehead atoms. The maximum Gasteiger partial charge on any atom is 0.257 e. The van der Waals surface area contributed by atoms with Crippen LogP contribution >= 0.6 is 0 Å². The van der Waals surface area contributed by atoms with Gasteiger partial charge < -0.3 is 9.88 Å². The van der Waals surface area contributed by atoms with E-state index >= 15 is 0 Å². The second kappa shape index (κ2) is 4.53. The van der Waals surface area contributed by atoms with Gasteiger partial charge in [-0.1, -0.05) is 0 Å². The van der Waals surface area contributed by atoms with Crippen LogP contribution in [0.5, 0.6) is 0 Å². The van der Waals surface area contributed by atoms with Crippen LogP contribution in [-0.4, -0.2) is 20.7 Å². The molecule has 0 saturated heterocycles. The highest BCUT2D eigenvalue weighted by Gasteiger charge is 2.07. The topological polar surface area (TPSA) is 59.8 Å². The number of fused-ring (bicyclic) bond motifs is 1. The third-order valence-corrected chi connectivity index (χ3v) is 2.99. The molecular formula is C14H12N4O. The Hall–Kier alpha value is -2.69. The lowest BCUT2D eigenvalue weighted by atomic mass is 10.2. The summed E-state index contributed by atoms with van der Waals surface area (Å²) in [5.74, 6) is -0.190. The SMILES string of the molecule is Cn1ccc2cc(NC(=O)c3ccnnc3)ccc21. The molecule has 2 heterocycles. The van der Waals surface area contributed by atoms with Crippen LogP contribution in [0.25, 0.3) is 10.9 Å². The van der Waals surface area contributed by atoms with Crippen molar-refractivity contribution >= 4 is 22.5 Å². The summed E-state index contributed by atoms with van der Waals surface area (Å²) < 4.78 is 2.04. The van der Waals surface area contributed by atoms with E-state index in [1.54, 1.807) is 6.07 Å². The smallest absolute Gasteiger partial charge is 0.257 e. The van der Waals surface area contributed by atoms with Gasteiger partial charge in [-0.25, -0.2) is 0 Å². The van der Waals surface area contributed by atoms with Crippen LogP contribution in [0.4, 0.5) is 5.69 Å². The molecule has 2 aromatic heterocycles. The molecule has 5 heteroatoms. The Kier molecular flexibility index (Phi) is 2.72. The zero-order chi connectivity index (χ0) is 13.2. The quantitative estimate of drug-likeness (QED) is 0.760. The van der Waals surface area contributed by atoms with Crippen molar-refractivity contribution in [3.8, 4) is 0 Å². The number of nitrogens with one attached hydrogen (secondary N) is 1. The van der Waals surface area contributed by atoms with Crippen LogP contribution in [0.2, 0.25) is 0 Å². The minimum absolute atomic E-state index is 0.190. The number of anilines is 1. The van der Waals surface area contributed by atoms with Gasteiger partial charge in [0.2, 0.25) is 0 Å². The number of nitrogens with zero attached hydrogens (tertiary/aromatic N) is 3. The number of benzene rings is 1. The molecule has 0 fully saturated rings. The van der Waals surface area contributed by atoms with Crippen molar-refractivity contribution in [2.75, 3.05) is 5.32 Å². The van der Waals surface area contributed by atoms with Crippen molar-refractivity contribution in [3.63, 3.8) is 0 Å². The van der Waals surface area contributed by atoms with E-state index in [4.69, 9.17) is 0 Å². The molecule has 0 atom stereocenters. The molecule has 0 spiro atoms. The third kappa shape index (κ3) is 2.18.